The molecule has 0 saturated heterocycles. The lowest BCUT2D eigenvalue weighted by Crippen LogP contribution is -1.89. The van der Waals surface area contributed by atoms with E-state index in [1.807, 2.05) is 18.2 Å². The molecule has 0 unspecified atom stereocenters. The molecule has 0 atom stereocenters. The standard InChI is InChI=1S/C10H11NS/c1-12-8-10-5-3-2-4-9(10)6-7-11/h2-5H,6,8H2,1H3. The van der Waals surface area contributed by atoms with E-state index in [1.54, 1.807) is 11.8 Å². The van der Waals surface area contributed by atoms with Crippen LogP contribution in [0.1, 0.15) is 11.1 Å². The second-order valence-electron chi connectivity index (χ2n) is 2.54. The van der Waals surface area contributed by atoms with Crippen molar-refractivity contribution in [3.05, 3.63) is 35.4 Å². The van der Waals surface area contributed by atoms with Crippen LogP contribution in [0.2, 0.25) is 0 Å². The fraction of sp³-hybridized carbons (Fsp3) is 0.300. The van der Waals surface area contributed by atoms with Gasteiger partial charge in [0.05, 0.1) is 12.5 Å². The predicted octanol–water partition coefficient (Wildman–Crippen LogP) is 2.62. The zero-order chi connectivity index (χ0) is 8.81. The van der Waals surface area contributed by atoms with E-state index in [4.69, 9.17) is 5.26 Å². The molecule has 0 radical (unpaired) electrons. The SMILES string of the molecule is CSCc1ccccc1CC#N. The van der Waals surface area contributed by atoms with Gasteiger partial charge in [0.25, 0.3) is 0 Å². The van der Waals surface area contributed by atoms with Gasteiger partial charge in [-0.05, 0) is 17.4 Å². The van der Waals surface area contributed by atoms with Crippen LogP contribution < -0.4 is 0 Å². The van der Waals surface area contributed by atoms with Crippen LogP contribution in [0.25, 0.3) is 0 Å². The molecule has 0 N–H and O–H groups in total. The van der Waals surface area contributed by atoms with Crippen LogP contribution >= 0.6 is 11.8 Å². The van der Waals surface area contributed by atoms with Crippen molar-refractivity contribution >= 4 is 11.8 Å². The normalized spacial score (nSPS) is 9.33. The van der Waals surface area contributed by atoms with Gasteiger partial charge in [-0.25, -0.2) is 0 Å². The Morgan fingerprint density at radius 3 is 2.58 bits per heavy atom. The quantitative estimate of drug-likeness (QED) is 0.708. The van der Waals surface area contributed by atoms with E-state index in [1.165, 1.54) is 5.56 Å². The topological polar surface area (TPSA) is 23.8 Å². The van der Waals surface area contributed by atoms with Crippen molar-refractivity contribution in [3.8, 4) is 6.07 Å². The van der Waals surface area contributed by atoms with Crippen molar-refractivity contribution in [1.29, 1.82) is 5.26 Å². The summed E-state index contributed by atoms with van der Waals surface area (Å²) in [5, 5.41) is 8.56. The highest BCUT2D eigenvalue weighted by atomic mass is 32.2. The molecule has 1 aromatic rings. The highest BCUT2D eigenvalue weighted by Crippen LogP contribution is 2.14. The van der Waals surface area contributed by atoms with Gasteiger partial charge >= 0.3 is 0 Å². The average molecular weight is 177 g/mol. The maximum absolute atomic E-state index is 8.56. The van der Waals surface area contributed by atoms with E-state index >= 15 is 0 Å². The summed E-state index contributed by atoms with van der Waals surface area (Å²) >= 11 is 1.79. The van der Waals surface area contributed by atoms with E-state index in [2.05, 4.69) is 18.4 Å². The molecule has 12 heavy (non-hydrogen) atoms. The highest BCUT2D eigenvalue weighted by molar-refractivity contribution is 7.97. The molecule has 0 bridgehead atoms. The van der Waals surface area contributed by atoms with Gasteiger partial charge in [0.1, 0.15) is 0 Å². The smallest absolute Gasteiger partial charge is 0.0669 e. The molecule has 0 aliphatic heterocycles. The molecule has 62 valence electrons. The summed E-state index contributed by atoms with van der Waals surface area (Å²) in [4.78, 5) is 0. The van der Waals surface area contributed by atoms with E-state index in [0.717, 1.165) is 11.3 Å². The Morgan fingerprint density at radius 1 is 1.33 bits per heavy atom. The van der Waals surface area contributed by atoms with Crippen LogP contribution in [-0.4, -0.2) is 6.26 Å². The zero-order valence-corrected chi connectivity index (χ0v) is 7.90. The van der Waals surface area contributed by atoms with Crippen molar-refractivity contribution in [3.63, 3.8) is 0 Å². The maximum atomic E-state index is 8.56. The molecule has 0 amide bonds. The molecule has 0 heterocycles. The Labute approximate surface area is 77.4 Å². The van der Waals surface area contributed by atoms with E-state index < -0.39 is 0 Å². The van der Waals surface area contributed by atoms with Crippen LogP contribution in [0.4, 0.5) is 0 Å². The number of hydrogen-bond donors (Lipinski definition) is 0. The summed E-state index contributed by atoms with van der Waals surface area (Å²) in [7, 11) is 0. The second kappa shape index (κ2) is 4.84. The Hall–Kier alpha value is -0.940. The molecule has 0 aromatic heterocycles. The number of nitriles is 1. The van der Waals surface area contributed by atoms with Crippen molar-refractivity contribution < 1.29 is 0 Å². The van der Waals surface area contributed by atoms with Gasteiger partial charge in [0.15, 0.2) is 0 Å². The van der Waals surface area contributed by atoms with Gasteiger partial charge in [-0.3, -0.25) is 0 Å². The maximum Gasteiger partial charge on any atom is 0.0669 e. The van der Waals surface area contributed by atoms with Gasteiger partial charge in [-0.1, -0.05) is 24.3 Å². The Morgan fingerprint density at radius 2 is 2.00 bits per heavy atom. The lowest BCUT2D eigenvalue weighted by molar-refractivity contribution is 1.20. The van der Waals surface area contributed by atoms with E-state index in [-0.39, 0.29) is 0 Å². The van der Waals surface area contributed by atoms with Crippen LogP contribution in [-0.2, 0) is 12.2 Å². The summed E-state index contributed by atoms with van der Waals surface area (Å²) in [5.41, 5.74) is 2.45. The highest BCUT2D eigenvalue weighted by Gasteiger charge is 1.98. The molecular weight excluding hydrogens is 166 g/mol. The molecule has 0 aliphatic rings. The monoisotopic (exact) mass is 177 g/mol. The number of rotatable bonds is 3. The lowest BCUT2D eigenvalue weighted by Gasteiger charge is -2.03. The molecule has 1 nitrogen and oxygen atoms in total. The van der Waals surface area contributed by atoms with Crippen LogP contribution in [0.3, 0.4) is 0 Å². The van der Waals surface area contributed by atoms with Crippen LogP contribution in [0.15, 0.2) is 24.3 Å². The van der Waals surface area contributed by atoms with Gasteiger partial charge in [0.2, 0.25) is 0 Å². The molecule has 0 saturated carbocycles. The minimum absolute atomic E-state index is 0.525. The van der Waals surface area contributed by atoms with Crippen molar-refractivity contribution in [2.45, 2.75) is 12.2 Å². The molecule has 0 fully saturated rings. The Bertz CT molecular complexity index is 288. The number of nitrogens with zero attached hydrogens (tertiary/aromatic N) is 1. The molecule has 0 spiro atoms. The number of thioether (sulfide) groups is 1. The fourth-order valence-corrected chi connectivity index (χ4v) is 1.70. The first kappa shape index (κ1) is 9.15. The molecule has 1 rings (SSSR count). The van der Waals surface area contributed by atoms with Gasteiger partial charge < -0.3 is 0 Å². The average Bonchev–Trinajstić information content (AvgIpc) is 2.09. The first-order valence-electron chi connectivity index (χ1n) is 3.81. The summed E-state index contributed by atoms with van der Waals surface area (Å²) in [6.07, 6.45) is 2.60. The van der Waals surface area contributed by atoms with Gasteiger partial charge in [-0.2, -0.15) is 17.0 Å². The first-order chi connectivity index (χ1) is 5.88. The number of hydrogen-bond acceptors (Lipinski definition) is 2. The van der Waals surface area contributed by atoms with Crippen molar-refractivity contribution in [1.82, 2.24) is 0 Å². The third-order valence-electron chi connectivity index (χ3n) is 1.69. The van der Waals surface area contributed by atoms with E-state index in [0.29, 0.717) is 6.42 Å². The summed E-state index contributed by atoms with van der Waals surface area (Å²) in [5.74, 6) is 0.998. The third kappa shape index (κ3) is 2.28. The predicted molar refractivity (Wildman–Crippen MR) is 53.0 cm³/mol. The minimum atomic E-state index is 0.525. The summed E-state index contributed by atoms with van der Waals surface area (Å²) in [6.45, 7) is 0. The summed E-state index contributed by atoms with van der Waals surface area (Å²) < 4.78 is 0. The lowest BCUT2D eigenvalue weighted by atomic mass is 10.1. The second-order valence-corrected chi connectivity index (χ2v) is 3.40. The molecule has 2 heteroatoms. The third-order valence-corrected chi connectivity index (χ3v) is 2.29. The van der Waals surface area contributed by atoms with Crippen molar-refractivity contribution in [2.75, 3.05) is 6.26 Å². The molecule has 0 aliphatic carbocycles. The van der Waals surface area contributed by atoms with Crippen molar-refractivity contribution in [2.24, 2.45) is 0 Å². The molecular formula is C10H11NS. The van der Waals surface area contributed by atoms with Crippen LogP contribution in [0.5, 0.6) is 0 Å². The van der Waals surface area contributed by atoms with E-state index in [9.17, 15) is 0 Å². The van der Waals surface area contributed by atoms with Gasteiger partial charge in [-0.15, -0.1) is 0 Å². The first-order valence-corrected chi connectivity index (χ1v) is 5.20. The summed E-state index contributed by atoms with van der Waals surface area (Å²) in [6, 6.07) is 10.3. The van der Waals surface area contributed by atoms with Crippen LogP contribution in [0, 0.1) is 11.3 Å². The molecule has 1 aromatic carbocycles. The minimum Gasteiger partial charge on any atom is -0.198 e. The Kier molecular flexibility index (Phi) is 3.69. The largest absolute Gasteiger partial charge is 0.198 e. The van der Waals surface area contributed by atoms with Gasteiger partial charge in [0, 0.05) is 5.75 Å². The fourth-order valence-electron chi connectivity index (χ4n) is 1.11. The zero-order valence-electron chi connectivity index (χ0n) is 7.08. The number of benzene rings is 1. The Balaban J connectivity index is 2.85.